The van der Waals surface area contributed by atoms with Crippen molar-refractivity contribution in [3.05, 3.63) is 96.1 Å². The Kier molecular flexibility index (Phi) is 6.65. The number of nitrogens with zero attached hydrogens (tertiary/aromatic N) is 4. The smallest absolute Gasteiger partial charge is 0.230 e. The lowest BCUT2D eigenvalue weighted by Crippen LogP contribution is -2.48. The molecule has 6 heteroatoms. The predicted octanol–water partition coefficient (Wildman–Crippen LogP) is 4.02. The zero-order valence-electron chi connectivity index (χ0n) is 19.3. The van der Waals surface area contributed by atoms with E-state index in [0.717, 1.165) is 24.9 Å². The average molecular weight is 455 g/mol. The van der Waals surface area contributed by atoms with Crippen molar-refractivity contribution in [3.63, 3.8) is 0 Å². The molecule has 0 bridgehead atoms. The van der Waals surface area contributed by atoms with Crippen molar-refractivity contribution in [2.45, 2.75) is 37.6 Å². The van der Waals surface area contributed by atoms with Crippen LogP contribution in [0.2, 0.25) is 0 Å². The first-order valence-electron chi connectivity index (χ1n) is 12.1. The summed E-state index contributed by atoms with van der Waals surface area (Å²) in [6.45, 7) is 1.91. The maximum absolute atomic E-state index is 13.9. The molecular formula is C28H30N4O2. The number of likely N-dealkylation sites (tertiary alicyclic amines) is 2. The van der Waals surface area contributed by atoms with Gasteiger partial charge in [0.2, 0.25) is 11.8 Å². The second-order valence-corrected chi connectivity index (χ2v) is 9.19. The van der Waals surface area contributed by atoms with Crippen molar-refractivity contribution in [2.24, 2.45) is 5.92 Å². The van der Waals surface area contributed by atoms with Crippen LogP contribution in [0.4, 0.5) is 0 Å². The topological polar surface area (TPSA) is 66.4 Å². The Morgan fingerprint density at radius 2 is 1.50 bits per heavy atom. The van der Waals surface area contributed by atoms with Crippen LogP contribution in [0.25, 0.3) is 0 Å². The van der Waals surface area contributed by atoms with Gasteiger partial charge in [0.1, 0.15) is 5.82 Å². The minimum absolute atomic E-state index is 0.0152. The monoisotopic (exact) mass is 454 g/mol. The molecule has 3 atom stereocenters. The lowest BCUT2D eigenvalue weighted by atomic mass is 9.79. The maximum atomic E-state index is 13.9. The highest BCUT2D eigenvalue weighted by Crippen LogP contribution is 2.39. The first-order valence-corrected chi connectivity index (χ1v) is 12.1. The summed E-state index contributed by atoms with van der Waals surface area (Å²) in [6, 6.07) is 22.4. The largest absolute Gasteiger partial charge is 0.342 e. The van der Waals surface area contributed by atoms with Crippen molar-refractivity contribution in [1.82, 2.24) is 19.8 Å². The Bertz CT molecular complexity index is 1110. The van der Waals surface area contributed by atoms with Gasteiger partial charge in [0.25, 0.3) is 0 Å². The summed E-state index contributed by atoms with van der Waals surface area (Å²) in [6.07, 6.45) is 6.19. The molecule has 3 heterocycles. The van der Waals surface area contributed by atoms with E-state index in [1.807, 2.05) is 41.3 Å². The average Bonchev–Trinajstić information content (AvgIpc) is 3.40. The van der Waals surface area contributed by atoms with Crippen LogP contribution in [0.5, 0.6) is 0 Å². The molecule has 2 saturated heterocycles. The molecule has 1 unspecified atom stereocenters. The molecular weight excluding hydrogens is 424 g/mol. The fraction of sp³-hybridized carbons (Fsp3) is 0.357. The van der Waals surface area contributed by atoms with E-state index in [1.54, 1.807) is 18.5 Å². The van der Waals surface area contributed by atoms with Crippen LogP contribution in [0, 0.1) is 5.92 Å². The molecule has 174 valence electrons. The fourth-order valence-corrected chi connectivity index (χ4v) is 5.45. The molecule has 0 spiro atoms. The normalized spacial score (nSPS) is 22.5. The van der Waals surface area contributed by atoms with E-state index in [1.165, 1.54) is 5.56 Å². The van der Waals surface area contributed by atoms with Gasteiger partial charge in [0.05, 0.1) is 12.5 Å². The Labute approximate surface area is 200 Å². The van der Waals surface area contributed by atoms with Gasteiger partial charge in [-0.25, -0.2) is 9.97 Å². The van der Waals surface area contributed by atoms with Gasteiger partial charge < -0.3 is 9.80 Å². The number of amides is 2. The molecule has 2 amide bonds. The van der Waals surface area contributed by atoms with Crippen LogP contribution >= 0.6 is 0 Å². The zero-order valence-corrected chi connectivity index (χ0v) is 19.3. The molecule has 0 saturated carbocycles. The van der Waals surface area contributed by atoms with E-state index >= 15 is 0 Å². The Morgan fingerprint density at radius 3 is 2.21 bits per heavy atom. The molecule has 5 rings (SSSR count). The van der Waals surface area contributed by atoms with Gasteiger partial charge in [-0.15, -0.1) is 0 Å². The summed E-state index contributed by atoms with van der Waals surface area (Å²) in [5.74, 6) is 0.605. The summed E-state index contributed by atoms with van der Waals surface area (Å²) < 4.78 is 0. The van der Waals surface area contributed by atoms with Crippen LogP contribution in [0.3, 0.4) is 0 Å². The second kappa shape index (κ2) is 10.2. The lowest BCUT2D eigenvalue weighted by molar-refractivity contribution is -0.142. The Hall–Kier alpha value is -3.54. The third-order valence-electron chi connectivity index (χ3n) is 7.16. The summed E-state index contributed by atoms with van der Waals surface area (Å²) in [7, 11) is 0. The van der Waals surface area contributed by atoms with Crippen molar-refractivity contribution in [3.8, 4) is 0 Å². The molecule has 2 aliphatic rings. The number of piperidine rings is 1. The number of hydrogen-bond donors (Lipinski definition) is 0. The molecule has 0 radical (unpaired) electrons. The SMILES string of the molecule is O=C(Cc1ncccn1)N1CC[C@H](C(=O)N2CCCC2c2ccccc2)[C@H](c2ccccc2)C1. The number of benzene rings is 2. The molecule has 34 heavy (non-hydrogen) atoms. The first-order chi connectivity index (χ1) is 16.7. The van der Waals surface area contributed by atoms with Gasteiger partial charge in [-0.05, 0) is 36.5 Å². The van der Waals surface area contributed by atoms with Gasteiger partial charge in [-0.3, -0.25) is 9.59 Å². The third-order valence-corrected chi connectivity index (χ3v) is 7.16. The zero-order chi connectivity index (χ0) is 23.3. The van der Waals surface area contributed by atoms with Crippen LogP contribution in [0.1, 0.15) is 48.2 Å². The second-order valence-electron chi connectivity index (χ2n) is 9.19. The quantitative estimate of drug-likeness (QED) is 0.584. The van der Waals surface area contributed by atoms with Crippen LogP contribution < -0.4 is 0 Å². The minimum Gasteiger partial charge on any atom is -0.342 e. The number of aromatic nitrogens is 2. The lowest BCUT2D eigenvalue weighted by Gasteiger charge is -2.40. The van der Waals surface area contributed by atoms with Gasteiger partial charge in [-0.1, -0.05) is 60.7 Å². The molecule has 3 aromatic rings. The fourth-order valence-electron chi connectivity index (χ4n) is 5.45. The predicted molar refractivity (Wildman–Crippen MR) is 130 cm³/mol. The maximum Gasteiger partial charge on any atom is 0.230 e. The first kappa shape index (κ1) is 22.3. The Morgan fingerprint density at radius 1 is 0.824 bits per heavy atom. The molecule has 6 nitrogen and oxygen atoms in total. The Balaban J connectivity index is 1.36. The minimum atomic E-state index is -0.135. The standard InChI is InChI=1S/C28H30N4O2/c33-27(19-26-29-15-8-16-30-26)31-18-14-23(24(20-31)21-9-3-1-4-10-21)28(34)32-17-7-13-25(32)22-11-5-2-6-12-22/h1-6,8-12,15-16,23-25H,7,13-14,17-20H2/t23-,24-,25?/m0/s1. The highest BCUT2D eigenvalue weighted by Gasteiger charge is 2.41. The van der Waals surface area contributed by atoms with Gasteiger partial charge in [-0.2, -0.15) is 0 Å². The van der Waals surface area contributed by atoms with Crippen LogP contribution in [0.15, 0.2) is 79.1 Å². The molecule has 2 aliphatic heterocycles. The van der Waals surface area contributed by atoms with Gasteiger partial charge in [0.15, 0.2) is 0 Å². The number of carbonyl (C=O) groups excluding carboxylic acids is 2. The molecule has 0 N–H and O–H groups in total. The van der Waals surface area contributed by atoms with E-state index < -0.39 is 0 Å². The van der Waals surface area contributed by atoms with Crippen molar-refractivity contribution in [1.29, 1.82) is 0 Å². The highest BCUT2D eigenvalue weighted by atomic mass is 16.2. The van der Waals surface area contributed by atoms with Gasteiger partial charge >= 0.3 is 0 Å². The van der Waals surface area contributed by atoms with Gasteiger partial charge in [0, 0.05) is 43.9 Å². The summed E-state index contributed by atoms with van der Waals surface area (Å²) in [5, 5.41) is 0. The molecule has 2 aromatic carbocycles. The van der Waals surface area contributed by atoms with Crippen LogP contribution in [-0.2, 0) is 16.0 Å². The van der Waals surface area contributed by atoms with E-state index in [9.17, 15) is 9.59 Å². The third kappa shape index (κ3) is 4.72. The summed E-state index contributed by atoms with van der Waals surface area (Å²) in [5.41, 5.74) is 2.32. The number of rotatable bonds is 5. The number of carbonyl (C=O) groups is 2. The summed E-state index contributed by atoms with van der Waals surface area (Å²) >= 11 is 0. The number of hydrogen-bond acceptors (Lipinski definition) is 4. The van der Waals surface area contributed by atoms with E-state index in [-0.39, 0.29) is 36.1 Å². The van der Waals surface area contributed by atoms with E-state index in [0.29, 0.717) is 25.3 Å². The van der Waals surface area contributed by atoms with Crippen molar-refractivity contribution >= 4 is 11.8 Å². The molecule has 2 fully saturated rings. The van der Waals surface area contributed by atoms with Crippen LogP contribution in [-0.4, -0.2) is 51.2 Å². The van der Waals surface area contributed by atoms with Crippen molar-refractivity contribution in [2.75, 3.05) is 19.6 Å². The highest BCUT2D eigenvalue weighted by molar-refractivity contribution is 5.82. The molecule has 1 aromatic heterocycles. The van der Waals surface area contributed by atoms with Crippen molar-refractivity contribution < 1.29 is 9.59 Å². The van der Waals surface area contributed by atoms with E-state index in [4.69, 9.17) is 0 Å². The van der Waals surface area contributed by atoms with E-state index in [2.05, 4.69) is 39.1 Å². The summed E-state index contributed by atoms with van der Waals surface area (Å²) in [4.78, 5) is 39.4. The molecule has 0 aliphatic carbocycles.